The van der Waals surface area contributed by atoms with Gasteiger partial charge < -0.3 is 10.2 Å². The Kier molecular flexibility index (Phi) is 3.37. The van der Waals surface area contributed by atoms with Crippen molar-refractivity contribution in [3.63, 3.8) is 0 Å². The standard InChI is InChI=1S/C12H12FNO5/c13-9-5-11(15)8(3-10(9)14(18)19)7(4-12(16)17)6-1-2-6/h3,5-7,15H,1-2,4H2,(H,16,17). The predicted octanol–water partition coefficient (Wildman–Crippen LogP) is 2.41. The van der Waals surface area contributed by atoms with E-state index in [1.165, 1.54) is 0 Å². The van der Waals surface area contributed by atoms with Gasteiger partial charge in [0, 0.05) is 23.6 Å². The first kappa shape index (κ1) is 13.3. The van der Waals surface area contributed by atoms with Crippen molar-refractivity contribution >= 4 is 11.7 Å². The van der Waals surface area contributed by atoms with E-state index in [-0.39, 0.29) is 17.9 Å². The minimum Gasteiger partial charge on any atom is -0.508 e. The number of aliphatic carboxylic acids is 1. The summed E-state index contributed by atoms with van der Waals surface area (Å²) in [6.07, 6.45) is 1.38. The average molecular weight is 269 g/mol. The molecule has 1 aromatic rings. The average Bonchev–Trinajstić information content (AvgIpc) is 3.09. The molecule has 0 amide bonds. The van der Waals surface area contributed by atoms with E-state index in [0.717, 1.165) is 18.9 Å². The summed E-state index contributed by atoms with van der Waals surface area (Å²) in [4.78, 5) is 20.6. The van der Waals surface area contributed by atoms with Crippen LogP contribution >= 0.6 is 0 Å². The lowest BCUT2D eigenvalue weighted by Gasteiger charge is -2.15. The first-order valence-corrected chi connectivity index (χ1v) is 5.78. The Hall–Kier alpha value is -2.18. The molecule has 0 aliphatic heterocycles. The van der Waals surface area contributed by atoms with Crippen LogP contribution in [0.2, 0.25) is 0 Å². The molecule has 102 valence electrons. The van der Waals surface area contributed by atoms with E-state index in [0.29, 0.717) is 6.07 Å². The molecule has 1 aliphatic carbocycles. The summed E-state index contributed by atoms with van der Waals surface area (Å²) in [6, 6.07) is 1.61. The SMILES string of the molecule is O=C(O)CC(c1cc([N+](=O)[O-])c(F)cc1O)C1CC1. The van der Waals surface area contributed by atoms with Crippen molar-refractivity contribution in [2.75, 3.05) is 0 Å². The molecule has 7 heteroatoms. The Bertz CT molecular complexity index is 541. The molecule has 1 aromatic carbocycles. The fraction of sp³-hybridized carbons (Fsp3) is 0.417. The fourth-order valence-corrected chi connectivity index (χ4v) is 2.22. The third-order valence-corrected chi connectivity index (χ3v) is 3.28. The van der Waals surface area contributed by atoms with E-state index in [2.05, 4.69) is 0 Å². The molecule has 0 bridgehead atoms. The van der Waals surface area contributed by atoms with Crippen molar-refractivity contribution in [3.05, 3.63) is 33.6 Å². The molecule has 0 radical (unpaired) electrons. The molecule has 1 fully saturated rings. The molecule has 6 nitrogen and oxygen atoms in total. The number of carboxylic acids is 1. The van der Waals surface area contributed by atoms with Crippen LogP contribution in [0, 0.1) is 21.8 Å². The number of nitro groups is 1. The molecule has 2 rings (SSSR count). The van der Waals surface area contributed by atoms with E-state index in [1.807, 2.05) is 0 Å². The maximum atomic E-state index is 13.3. The molecule has 1 aliphatic rings. The molecule has 19 heavy (non-hydrogen) atoms. The van der Waals surface area contributed by atoms with Crippen LogP contribution in [-0.2, 0) is 4.79 Å². The quantitative estimate of drug-likeness (QED) is 0.631. The highest BCUT2D eigenvalue weighted by Crippen LogP contribution is 2.47. The second-order valence-corrected chi connectivity index (χ2v) is 4.66. The molecule has 1 unspecified atom stereocenters. The highest BCUT2D eigenvalue weighted by Gasteiger charge is 2.36. The normalized spacial score (nSPS) is 16.1. The van der Waals surface area contributed by atoms with Gasteiger partial charge in [-0.25, -0.2) is 0 Å². The Morgan fingerprint density at radius 2 is 2.16 bits per heavy atom. The second kappa shape index (κ2) is 4.83. The van der Waals surface area contributed by atoms with Crippen molar-refractivity contribution in [1.29, 1.82) is 0 Å². The Morgan fingerprint density at radius 3 is 2.63 bits per heavy atom. The number of hydrogen-bond acceptors (Lipinski definition) is 4. The number of benzene rings is 1. The molecule has 1 atom stereocenters. The number of phenolic OH excluding ortho intramolecular Hbond substituents is 1. The monoisotopic (exact) mass is 269 g/mol. The molecule has 0 aromatic heterocycles. The summed E-state index contributed by atoms with van der Waals surface area (Å²) < 4.78 is 13.3. The minimum absolute atomic E-state index is 0.0760. The summed E-state index contributed by atoms with van der Waals surface area (Å²) >= 11 is 0. The molecular weight excluding hydrogens is 257 g/mol. The van der Waals surface area contributed by atoms with Crippen molar-refractivity contribution in [3.8, 4) is 5.75 Å². The van der Waals surface area contributed by atoms with Gasteiger partial charge in [-0.05, 0) is 18.8 Å². The van der Waals surface area contributed by atoms with Crippen molar-refractivity contribution in [2.24, 2.45) is 5.92 Å². The van der Waals surface area contributed by atoms with Crippen LogP contribution in [0.15, 0.2) is 12.1 Å². The van der Waals surface area contributed by atoms with Gasteiger partial charge in [0.1, 0.15) is 5.75 Å². The molecule has 0 saturated heterocycles. The minimum atomic E-state index is -1.13. The number of halogens is 1. The lowest BCUT2D eigenvalue weighted by molar-refractivity contribution is -0.387. The second-order valence-electron chi connectivity index (χ2n) is 4.66. The molecule has 1 saturated carbocycles. The Morgan fingerprint density at radius 1 is 1.53 bits per heavy atom. The molecule has 2 N–H and O–H groups in total. The highest BCUT2D eigenvalue weighted by molar-refractivity contribution is 5.68. The van der Waals surface area contributed by atoms with Gasteiger partial charge in [-0.1, -0.05) is 0 Å². The van der Waals surface area contributed by atoms with Crippen LogP contribution in [0.1, 0.15) is 30.7 Å². The van der Waals surface area contributed by atoms with Gasteiger partial charge in [0.25, 0.3) is 0 Å². The van der Waals surface area contributed by atoms with Crippen molar-refractivity contribution < 1.29 is 24.3 Å². The number of rotatable bonds is 5. The van der Waals surface area contributed by atoms with Crippen molar-refractivity contribution in [2.45, 2.75) is 25.2 Å². The van der Waals surface area contributed by atoms with Crippen LogP contribution in [0.4, 0.5) is 10.1 Å². The lowest BCUT2D eigenvalue weighted by atomic mass is 9.90. The maximum Gasteiger partial charge on any atom is 0.305 e. The maximum absolute atomic E-state index is 13.3. The molecule has 0 spiro atoms. The van der Waals surface area contributed by atoms with E-state index < -0.39 is 34.1 Å². The third kappa shape index (κ3) is 2.81. The summed E-state index contributed by atoms with van der Waals surface area (Å²) in [6.45, 7) is 0. The van der Waals surface area contributed by atoms with Gasteiger partial charge in [0.05, 0.1) is 11.3 Å². The Balaban J connectivity index is 2.43. The summed E-state index contributed by atoms with van der Waals surface area (Å²) in [5, 5.41) is 29.2. The number of carbonyl (C=O) groups is 1. The van der Waals surface area contributed by atoms with Crippen LogP contribution in [-0.4, -0.2) is 21.1 Å². The zero-order valence-corrected chi connectivity index (χ0v) is 9.88. The predicted molar refractivity (Wildman–Crippen MR) is 62.4 cm³/mol. The number of aromatic hydroxyl groups is 1. The number of hydrogen-bond donors (Lipinski definition) is 2. The zero-order chi connectivity index (χ0) is 14.2. The van der Waals surface area contributed by atoms with Gasteiger partial charge in [-0.3, -0.25) is 14.9 Å². The summed E-state index contributed by atoms with van der Waals surface area (Å²) in [5.74, 6) is -3.05. The highest BCUT2D eigenvalue weighted by atomic mass is 19.1. The first-order valence-electron chi connectivity index (χ1n) is 5.78. The van der Waals surface area contributed by atoms with Gasteiger partial charge in [-0.2, -0.15) is 4.39 Å². The fourth-order valence-electron chi connectivity index (χ4n) is 2.22. The van der Waals surface area contributed by atoms with Crippen LogP contribution in [0.3, 0.4) is 0 Å². The lowest BCUT2D eigenvalue weighted by Crippen LogP contribution is -2.09. The van der Waals surface area contributed by atoms with Gasteiger partial charge in [0.15, 0.2) is 0 Å². The van der Waals surface area contributed by atoms with Gasteiger partial charge >= 0.3 is 11.7 Å². The summed E-state index contributed by atoms with van der Waals surface area (Å²) in [5.41, 5.74) is -0.609. The van der Waals surface area contributed by atoms with Crippen LogP contribution in [0.25, 0.3) is 0 Å². The third-order valence-electron chi connectivity index (χ3n) is 3.28. The molecule has 0 heterocycles. The number of nitro benzene ring substituents is 1. The van der Waals surface area contributed by atoms with E-state index in [9.17, 15) is 24.4 Å². The first-order chi connectivity index (χ1) is 8.90. The van der Waals surface area contributed by atoms with E-state index in [4.69, 9.17) is 5.11 Å². The van der Waals surface area contributed by atoms with E-state index >= 15 is 0 Å². The Labute approximate surface area is 107 Å². The number of carboxylic acid groups (broad SMARTS) is 1. The number of nitrogens with zero attached hydrogens (tertiary/aromatic N) is 1. The largest absolute Gasteiger partial charge is 0.508 e. The van der Waals surface area contributed by atoms with Crippen LogP contribution < -0.4 is 0 Å². The smallest absolute Gasteiger partial charge is 0.305 e. The summed E-state index contributed by atoms with van der Waals surface area (Å²) in [7, 11) is 0. The van der Waals surface area contributed by atoms with Crippen LogP contribution in [0.5, 0.6) is 5.75 Å². The van der Waals surface area contributed by atoms with Crippen molar-refractivity contribution in [1.82, 2.24) is 0 Å². The molecular formula is C12H12FNO5. The van der Waals surface area contributed by atoms with Gasteiger partial charge in [-0.15, -0.1) is 0 Å². The van der Waals surface area contributed by atoms with E-state index in [1.54, 1.807) is 0 Å². The van der Waals surface area contributed by atoms with Gasteiger partial charge in [0.2, 0.25) is 5.82 Å². The number of phenols is 1. The zero-order valence-electron chi connectivity index (χ0n) is 9.88. The topological polar surface area (TPSA) is 101 Å².